The topological polar surface area (TPSA) is 78.9 Å². The van der Waals surface area contributed by atoms with Crippen LogP contribution in [0, 0.1) is 0 Å². The van der Waals surface area contributed by atoms with E-state index in [-0.39, 0.29) is 31.1 Å². The first-order valence-corrected chi connectivity index (χ1v) is 30.6. The number of carbonyl (C=O) groups is 3. The molecular weight excluding hydrogens is 865 g/mol. The Bertz CT molecular complexity index is 1220. The lowest BCUT2D eigenvalue weighted by Crippen LogP contribution is -2.30. The Kier molecular flexibility index (Phi) is 56.7. The first kappa shape index (κ1) is 67.4. The number of hydrogen-bond acceptors (Lipinski definition) is 6. The van der Waals surface area contributed by atoms with E-state index in [2.05, 4.69) is 69.4 Å². The van der Waals surface area contributed by atoms with E-state index in [0.29, 0.717) is 19.3 Å². The van der Waals surface area contributed by atoms with Crippen LogP contribution < -0.4 is 0 Å². The molecule has 0 aliphatic carbocycles. The number of unbranched alkanes of at least 4 members (excludes halogenated alkanes) is 37. The molecule has 0 heterocycles. The number of allylic oxidation sites excluding steroid dienone is 8. The molecule has 70 heavy (non-hydrogen) atoms. The molecule has 1 atom stereocenters. The van der Waals surface area contributed by atoms with Gasteiger partial charge in [-0.1, -0.05) is 275 Å². The van der Waals surface area contributed by atoms with E-state index < -0.39 is 6.10 Å². The zero-order valence-electron chi connectivity index (χ0n) is 46.8. The Morgan fingerprint density at radius 3 is 0.900 bits per heavy atom. The molecule has 0 aliphatic rings. The summed E-state index contributed by atoms with van der Waals surface area (Å²) in [6.07, 6.45) is 72.7. The van der Waals surface area contributed by atoms with Crippen molar-refractivity contribution in [1.82, 2.24) is 0 Å². The molecule has 0 fully saturated rings. The molecule has 408 valence electrons. The molecule has 0 aromatic rings. The van der Waals surface area contributed by atoms with Crippen LogP contribution in [0.2, 0.25) is 0 Å². The van der Waals surface area contributed by atoms with Crippen LogP contribution in [0.3, 0.4) is 0 Å². The van der Waals surface area contributed by atoms with Crippen molar-refractivity contribution in [2.45, 2.75) is 329 Å². The van der Waals surface area contributed by atoms with E-state index in [0.717, 1.165) is 96.3 Å². The molecule has 0 N–H and O–H groups in total. The van der Waals surface area contributed by atoms with Gasteiger partial charge in [-0.05, 0) is 77.0 Å². The Labute approximate surface area is 435 Å². The molecule has 0 saturated carbocycles. The summed E-state index contributed by atoms with van der Waals surface area (Å²) >= 11 is 0. The highest BCUT2D eigenvalue weighted by atomic mass is 16.6. The van der Waals surface area contributed by atoms with Gasteiger partial charge in [-0.2, -0.15) is 0 Å². The summed E-state index contributed by atoms with van der Waals surface area (Å²) in [4.78, 5) is 38.1. The van der Waals surface area contributed by atoms with Crippen molar-refractivity contribution in [2.24, 2.45) is 0 Å². The molecule has 0 bridgehead atoms. The normalized spacial score (nSPS) is 12.3. The van der Waals surface area contributed by atoms with Gasteiger partial charge in [-0.3, -0.25) is 14.4 Å². The highest BCUT2D eigenvalue weighted by molar-refractivity contribution is 5.71. The van der Waals surface area contributed by atoms with E-state index in [4.69, 9.17) is 14.2 Å². The summed E-state index contributed by atoms with van der Waals surface area (Å²) in [7, 11) is 0. The fourth-order valence-electron chi connectivity index (χ4n) is 8.98. The highest BCUT2D eigenvalue weighted by Crippen LogP contribution is 2.17. The van der Waals surface area contributed by atoms with Gasteiger partial charge in [-0.15, -0.1) is 0 Å². The van der Waals surface area contributed by atoms with Gasteiger partial charge in [0.05, 0.1) is 0 Å². The third-order valence-electron chi connectivity index (χ3n) is 13.6. The maximum Gasteiger partial charge on any atom is 0.306 e. The monoisotopic (exact) mass is 981 g/mol. The molecule has 0 radical (unpaired) electrons. The Hall–Kier alpha value is -2.63. The van der Waals surface area contributed by atoms with Crippen LogP contribution in [-0.4, -0.2) is 37.2 Å². The van der Waals surface area contributed by atoms with Crippen molar-refractivity contribution >= 4 is 17.9 Å². The number of rotatable bonds is 56. The molecule has 0 aromatic carbocycles. The van der Waals surface area contributed by atoms with Crippen molar-refractivity contribution < 1.29 is 28.6 Å². The van der Waals surface area contributed by atoms with Crippen molar-refractivity contribution in [3.8, 4) is 0 Å². The number of esters is 3. The minimum atomic E-state index is -0.787. The van der Waals surface area contributed by atoms with Gasteiger partial charge in [0.25, 0.3) is 0 Å². The fraction of sp³-hybridized carbons (Fsp3) is 0.828. The van der Waals surface area contributed by atoms with Crippen LogP contribution in [-0.2, 0) is 28.6 Å². The van der Waals surface area contributed by atoms with Gasteiger partial charge >= 0.3 is 17.9 Å². The third kappa shape index (κ3) is 56.3. The summed E-state index contributed by atoms with van der Waals surface area (Å²) in [6, 6.07) is 0. The number of hydrogen-bond donors (Lipinski definition) is 0. The molecule has 0 rings (SSSR count). The molecular formula is C64H116O6. The maximum atomic E-state index is 12.8. The molecule has 0 amide bonds. The van der Waals surface area contributed by atoms with Gasteiger partial charge < -0.3 is 14.2 Å². The predicted molar refractivity (Wildman–Crippen MR) is 302 cm³/mol. The van der Waals surface area contributed by atoms with Crippen LogP contribution >= 0.6 is 0 Å². The summed E-state index contributed by atoms with van der Waals surface area (Å²) in [5, 5.41) is 0. The summed E-state index contributed by atoms with van der Waals surface area (Å²) in [5.74, 6) is -0.907. The minimum absolute atomic E-state index is 0.0828. The first-order chi connectivity index (χ1) is 34.5. The molecule has 0 saturated heterocycles. The molecule has 0 spiro atoms. The largest absolute Gasteiger partial charge is 0.462 e. The van der Waals surface area contributed by atoms with Gasteiger partial charge in [0.2, 0.25) is 0 Å². The lowest BCUT2D eigenvalue weighted by atomic mass is 10.0. The maximum absolute atomic E-state index is 12.8. The number of carbonyl (C=O) groups excluding carboxylic acids is 3. The minimum Gasteiger partial charge on any atom is -0.462 e. The van der Waals surface area contributed by atoms with Gasteiger partial charge in [-0.25, -0.2) is 0 Å². The van der Waals surface area contributed by atoms with E-state index in [1.54, 1.807) is 0 Å². The Morgan fingerprint density at radius 1 is 0.300 bits per heavy atom. The SMILES string of the molecule is CC/C=C\C/C=C\C/C=C\CCCCCC(=O)OCC(COC(=O)CCCCCCCCCCCCCCCCCCCCCCCCCCC)OC(=O)CCCCCCC/C=C\CCCCCCC. The first-order valence-electron chi connectivity index (χ1n) is 30.6. The fourth-order valence-corrected chi connectivity index (χ4v) is 8.98. The Balaban J connectivity index is 4.23. The summed E-state index contributed by atoms with van der Waals surface area (Å²) in [6.45, 7) is 6.53. The van der Waals surface area contributed by atoms with Crippen molar-refractivity contribution in [3.05, 3.63) is 48.6 Å². The van der Waals surface area contributed by atoms with Crippen LogP contribution in [0.5, 0.6) is 0 Å². The van der Waals surface area contributed by atoms with Crippen LogP contribution in [0.1, 0.15) is 323 Å². The second-order valence-corrected chi connectivity index (χ2v) is 20.6. The number of ether oxygens (including phenoxy) is 3. The second kappa shape index (κ2) is 58.9. The van der Waals surface area contributed by atoms with E-state index >= 15 is 0 Å². The average Bonchev–Trinajstić information content (AvgIpc) is 3.36. The van der Waals surface area contributed by atoms with Crippen LogP contribution in [0.15, 0.2) is 48.6 Å². The van der Waals surface area contributed by atoms with Gasteiger partial charge in [0.1, 0.15) is 13.2 Å². The standard InChI is InChI=1S/C64H116O6/c1-4-7-10-13-16-19-22-25-27-28-29-30-31-32-33-34-35-36-37-40-42-45-48-51-54-57-63(66)69-60-61(59-68-62(65)56-53-50-47-44-41-38-24-21-18-15-12-9-6-3)70-64(67)58-55-52-49-46-43-39-26-23-20-17-14-11-8-5-2/h9,12,18,21,23,26,38,41,61H,4-8,10-11,13-17,19-20,22,24-25,27-37,39-40,42-60H2,1-3H3/b12-9-,21-18-,26-23-,41-38-. The lowest BCUT2D eigenvalue weighted by molar-refractivity contribution is -0.167. The van der Waals surface area contributed by atoms with Crippen molar-refractivity contribution in [1.29, 1.82) is 0 Å². The van der Waals surface area contributed by atoms with Crippen molar-refractivity contribution in [2.75, 3.05) is 13.2 Å². The molecule has 1 unspecified atom stereocenters. The second-order valence-electron chi connectivity index (χ2n) is 20.6. The zero-order chi connectivity index (χ0) is 50.7. The van der Waals surface area contributed by atoms with Gasteiger partial charge in [0, 0.05) is 19.3 Å². The van der Waals surface area contributed by atoms with Gasteiger partial charge in [0.15, 0.2) is 6.10 Å². The highest BCUT2D eigenvalue weighted by Gasteiger charge is 2.19. The molecule has 0 aromatic heterocycles. The van der Waals surface area contributed by atoms with Crippen molar-refractivity contribution in [3.63, 3.8) is 0 Å². The molecule has 6 heteroatoms. The molecule has 6 nitrogen and oxygen atoms in total. The predicted octanol–water partition coefficient (Wildman–Crippen LogP) is 20.6. The molecule has 0 aliphatic heterocycles. The van der Waals surface area contributed by atoms with Crippen LogP contribution in [0.4, 0.5) is 0 Å². The van der Waals surface area contributed by atoms with E-state index in [9.17, 15) is 14.4 Å². The zero-order valence-corrected chi connectivity index (χ0v) is 46.8. The quantitative estimate of drug-likeness (QED) is 0.0261. The average molecular weight is 982 g/mol. The van der Waals surface area contributed by atoms with E-state index in [1.807, 2.05) is 0 Å². The van der Waals surface area contributed by atoms with E-state index in [1.165, 1.54) is 186 Å². The van der Waals surface area contributed by atoms with Crippen LogP contribution in [0.25, 0.3) is 0 Å². The summed E-state index contributed by atoms with van der Waals surface area (Å²) in [5.41, 5.74) is 0. The smallest absolute Gasteiger partial charge is 0.306 e. The Morgan fingerprint density at radius 2 is 0.557 bits per heavy atom. The summed E-state index contributed by atoms with van der Waals surface area (Å²) < 4.78 is 16.9. The third-order valence-corrected chi connectivity index (χ3v) is 13.6. The lowest BCUT2D eigenvalue weighted by Gasteiger charge is -2.18.